The molecule has 3 nitrogen and oxygen atoms in total. The first-order valence-electron chi connectivity index (χ1n) is 5.97. The molecular formula is C14H11F2N3. The van der Waals surface area contributed by atoms with Crippen molar-refractivity contribution in [2.24, 2.45) is 0 Å². The van der Waals surface area contributed by atoms with E-state index >= 15 is 0 Å². The van der Waals surface area contributed by atoms with E-state index in [2.05, 4.69) is 9.97 Å². The first kappa shape index (κ1) is 11.8. The third-order valence-corrected chi connectivity index (χ3v) is 2.99. The molecule has 0 saturated heterocycles. The maximum absolute atomic E-state index is 13.7. The molecule has 0 N–H and O–H groups in total. The Balaban J connectivity index is 2.20. The molecule has 0 radical (unpaired) electrons. The number of halogens is 2. The van der Waals surface area contributed by atoms with Crippen LogP contribution in [-0.2, 0) is 6.42 Å². The van der Waals surface area contributed by atoms with E-state index in [0.29, 0.717) is 11.3 Å². The predicted molar refractivity (Wildman–Crippen MR) is 67.7 cm³/mol. The SMILES string of the molecule is CCc1nccn2cc(-c3ccc(F)cc3F)nc12. The van der Waals surface area contributed by atoms with Crippen LogP contribution in [0, 0.1) is 11.6 Å². The fraction of sp³-hybridized carbons (Fsp3) is 0.143. The first-order chi connectivity index (χ1) is 9.19. The predicted octanol–water partition coefficient (Wildman–Crippen LogP) is 3.24. The smallest absolute Gasteiger partial charge is 0.159 e. The summed E-state index contributed by atoms with van der Waals surface area (Å²) in [5.41, 5.74) is 2.30. The maximum atomic E-state index is 13.7. The molecule has 0 spiro atoms. The maximum Gasteiger partial charge on any atom is 0.159 e. The number of aryl methyl sites for hydroxylation is 1. The van der Waals surface area contributed by atoms with Crippen LogP contribution >= 0.6 is 0 Å². The minimum absolute atomic E-state index is 0.284. The molecule has 96 valence electrons. The normalized spacial score (nSPS) is 11.1. The van der Waals surface area contributed by atoms with Gasteiger partial charge in [0.1, 0.15) is 11.6 Å². The molecule has 2 heterocycles. The second kappa shape index (κ2) is 4.42. The molecule has 19 heavy (non-hydrogen) atoms. The van der Waals surface area contributed by atoms with E-state index in [1.54, 1.807) is 23.0 Å². The Morgan fingerprint density at radius 1 is 1.26 bits per heavy atom. The lowest BCUT2D eigenvalue weighted by Crippen LogP contribution is -1.93. The molecule has 5 heteroatoms. The first-order valence-corrected chi connectivity index (χ1v) is 5.97. The van der Waals surface area contributed by atoms with Crippen LogP contribution in [0.4, 0.5) is 8.78 Å². The quantitative estimate of drug-likeness (QED) is 0.707. The molecular weight excluding hydrogens is 248 g/mol. The van der Waals surface area contributed by atoms with Gasteiger partial charge >= 0.3 is 0 Å². The number of hydrogen-bond acceptors (Lipinski definition) is 2. The largest absolute Gasteiger partial charge is 0.303 e. The average molecular weight is 259 g/mol. The summed E-state index contributed by atoms with van der Waals surface area (Å²) in [4.78, 5) is 8.61. The molecule has 0 bridgehead atoms. The highest BCUT2D eigenvalue weighted by Crippen LogP contribution is 2.23. The zero-order valence-electron chi connectivity index (χ0n) is 10.3. The van der Waals surface area contributed by atoms with E-state index in [-0.39, 0.29) is 5.56 Å². The molecule has 0 saturated carbocycles. The van der Waals surface area contributed by atoms with Gasteiger partial charge in [0.05, 0.1) is 11.4 Å². The lowest BCUT2D eigenvalue weighted by molar-refractivity contribution is 0.585. The number of hydrogen-bond donors (Lipinski definition) is 0. The van der Waals surface area contributed by atoms with Crippen LogP contribution in [-0.4, -0.2) is 14.4 Å². The van der Waals surface area contributed by atoms with Crippen molar-refractivity contribution >= 4 is 5.65 Å². The monoisotopic (exact) mass is 259 g/mol. The third kappa shape index (κ3) is 1.97. The number of imidazole rings is 1. The van der Waals surface area contributed by atoms with Gasteiger partial charge in [-0.25, -0.2) is 13.8 Å². The van der Waals surface area contributed by atoms with Crippen LogP contribution in [0.2, 0.25) is 0 Å². The van der Waals surface area contributed by atoms with Gasteiger partial charge in [-0.1, -0.05) is 6.92 Å². The van der Waals surface area contributed by atoms with Gasteiger partial charge < -0.3 is 4.40 Å². The summed E-state index contributed by atoms with van der Waals surface area (Å²) in [7, 11) is 0. The van der Waals surface area contributed by atoms with Crippen molar-refractivity contribution < 1.29 is 8.78 Å². The van der Waals surface area contributed by atoms with Gasteiger partial charge in [0, 0.05) is 30.2 Å². The summed E-state index contributed by atoms with van der Waals surface area (Å²) in [6, 6.07) is 3.48. The van der Waals surface area contributed by atoms with Crippen LogP contribution in [0.5, 0.6) is 0 Å². The Bertz CT molecular complexity index is 750. The van der Waals surface area contributed by atoms with E-state index in [1.807, 2.05) is 6.92 Å². The zero-order chi connectivity index (χ0) is 13.4. The third-order valence-electron chi connectivity index (χ3n) is 2.99. The van der Waals surface area contributed by atoms with Crippen LogP contribution in [0.3, 0.4) is 0 Å². The topological polar surface area (TPSA) is 30.2 Å². The highest BCUT2D eigenvalue weighted by atomic mass is 19.1. The van der Waals surface area contributed by atoms with Crippen LogP contribution in [0.25, 0.3) is 16.9 Å². The fourth-order valence-corrected chi connectivity index (χ4v) is 2.05. The van der Waals surface area contributed by atoms with Crippen molar-refractivity contribution in [1.82, 2.24) is 14.4 Å². The minimum atomic E-state index is -0.616. The summed E-state index contributed by atoms with van der Waals surface area (Å²) in [5.74, 6) is -1.21. The number of fused-ring (bicyclic) bond motifs is 1. The van der Waals surface area contributed by atoms with Crippen LogP contribution < -0.4 is 0 Å². The van der Waals surface area contributed by atoms with Gasteiger partial charge in [0.2, 0.25) is 0 Å². The molecule has 0 fully saturated rings. The second-order valence-corrected chi connectivity index (χ2v) is 4.21. The van der Waals surface area contributed by atoms with Crippen molar-refractivity contribution in [2.75, 3.05) is 0 Å². The molecule has 3 rings (SSSR count). The van der Waals surface area contributed by atoms with Gasteiger partial charge in [0.25, 0.3) is 0 Å². The van der Waals surface area contributed by atoms with Gasteiger partial charge in [0.15, 0.2) is 5.65 Å². The molecule has 0 atom stereocenters. The lowest BCUT2D eigenvalue weighted by Gasteiger charge is -1.98. The van der Waals surface area contributed by atoms with Gasteiger partial charge in [-0.3, -0.25) is 4.98 Å². The Morgan fingerprint density at radius 3 is 2.84 bits per heavy atom. The Labute approximate surface area is 108 Å². The Hall–Kier alpha value is -2.30. The van der Waals surface area contributed by atoms with Crippen LogP contribution in [0.15, 0.2) is 36.8 Å². The van der Waals surface area contributed by atoms with E-state index < -0.39 is 11.6 Å². The molecule has 0 aliphatic rings. The number of rotatable bonds is 2. The molecule has 0 aliphatic carbocycles. The van der Waals surface area contributed by atoms with Crippen molar-refractivity contribution in [3.8, 4) is 11.3 Å². The summed E-state index contributed by atoms with van der Waals surface area (Å²) in [5, 5.41) is 0. The van der Waals surface area contributed by atoms with E-state index in [0.717, 1.165) is 18.2 Å². The summed E-state index contributed by atoms with van der Waals surface area (Å²) < 4.78 is 28.4. The number of benzene rings is 1. The van der Waals surface area contributed by atoms with Gasteiger partial charge in [-0.05, 0) is 18.6 Å². The van der Waals surface area contributed by atoms with E-state index in [4.69, 9.17) is 0 Å². The number of nitrogens with zero attached hydrogens (tertiary/aromatic N) is 3. The summed E-state index contributed by atoms with van der Waals surface area (Å²) in [6.45, 7) is 1.98. The Kier molecular flexibility index (Phi) is 2.74. The summed E-state index contributed by atoms with van der Waals surface area (Å²) in [6.07, 6.45) is 5.89. The summed E-state index contributed by atoms with van der Waals surface area (Å²) >= 11 is 0. The lowest BCUT2D eigenvalue weighted by atomic mass is 10.1. The number of aromatic nitrogens is 3. The fourth-order valence-electron chi connectivity index (χ4n) is 2.05. The van der Waals surface area contributed by atoms with E-state index in [1.165, 1.54) is 12.1 Å². The molecule has 1 aromatic carbocycles. The standard InChI is InChI=1S/C14H11F2N3/c1-2-12-14-18-13(8-19(14)6-5-17-12)10-4-3-9(15)7-11(10)16/h3-8H,2H2,1H3. The van der Waals surface area contributed by atoms with Crippen molar-refractivity contribution in [2.45, 2.75) is 13.3 Å². The minimum Gasteiger partial charge on any atom is -0.303 e. The van der Waals surface area contributed by atoms with Gasteiger partial charge in [-0.15, -0.1) is 0 Å². The van der Waals surface area contributed by atoms with Crippen molar-refractivity contribution in [1.29, 1.82) is 0 Å². The zero-order valence-corrected chi connectivity index (χ0v) is 10.3. The van der Waals surface area contributed by atoms with Crippen LogP contribution in [0.1, 0.15) is 12.6 Å². The Morgan fingerprint density at radius 2 is 2.11 bits per heavy atom. The molecule has 0 aliphatic heterocycles. The molecule has 2 aromatic heterocycles. The van der Waals surface area contributed by atoms with Gasteiger partial charge in [-0.2, -0.15) is 0 Å². The van der Waals surface area contributed by atoms with Crippen molar-refractivity contribution in [3.63, 3.8) is 0 Å². The molecule has 0 unspecified atom stereocenters. The second-order valence-electron chi connectivity index (χ2n) is 4.21. The molecule has 3 aromatic rings. The average Bonchev–Trinajstić information content (AvgIpc) is 2.81. The van der Waals surface area contributed by atoms with Crippen molar-refractivity contribution in [3.05, 3.63) is 54.1 Å². The highest BCUT2D eigenvalue weighted by Gasteiger charge is 2.12. The van der Waals surface area contributed by atoms with E-state index in [9.17, 15) is 8.78 Å². The molecule has 0 amide bonds. The highest BCUT2D eigenvalue weighted by molar-refractivity contribution is 5.64.